The number of urea groups is 1. The van der Waals surface area contributed by atoms with Gasteiger partial charge in [-0.2, -0.15) is 0 Å². The predicted octanol–water partition coefficient (Wildman–Crippen LogP) is -0.757. The standard InChI is InChI=1S/C16H18N4O6/c1-3-17-12(21)8-18-13(22)9-19-14(23)15(24)20(16(19)25)10-4-6-11(26-2)7-5-10/h4-7H,3,8-9H2,1-2H3,(H,17,21)(H,18,22). The van der Waals surface area contributed by atoms with Crippen LogP contribution in [0.3, 0.4) is 0 Å². The lowest BCUT2D eigenvalue weighted by Gasteiger charge is -2.15. The Morgan fingerprint density at radius 2 is 1.65 bits per heavy atom. The van der Waals surface area contributed by atoms with Crippen molar-refractivity contribution in [2.75, 3.05) is 31.6 Å². The number of carbonyl (C=O) groups is 5. The minimum atomic E-state index is -1.11. The molecule has 1 aliphatic rings. The van der Waals surface area contributed by atoms with E-state index in [-0.39, 0.29) is 12.2 Å². The van der Waals surface area contributed by atoms with E-state index < -0.39 is 36.2 Å². The highest BCUT2D eigenvalue weighted by molar-refractivity contribution is 6.53. The highest BCUT2D eigenvalue weighted by Crippen LogP contribution is 2.24. The van der Waals surface area contributed by atoms with Crippen LogP contribution < -0.4 is 20.3 Å². The molecular formula is C16H18N4O6. The van der Waals surface area contributed by atoms with Gasteiger partial charge in [-0.25, -0.2) is 14.6 Å². The molecule has 2 N–H and O–H groups in total. The normalized spacial score (nSPS) is 13.8. The minimum Gasteiger partial charge on any atom is -0.497 e. The van der Waals surface area contributed by atoms with Crippen molar-refractivity contribution in [3.8, 4) is 5.75 Å². The van der Waals surface area contributed by atoms with Gasteiger partial charge in [0.15, 0.2) is 0 Å². The zero-order valence-electron chi connectivity index (χ0n) is 14.3. The van der Waals surface area contributed by atoms with Crippen molar-refractivity contribution < 1.29 is 28.7 Å². The van der Waals surface area contributed by atoms with Gasteiger partial charge in [0.05, 0.1) is 19.3 Å². The summed E-state index contributed by atoms with van der Waals surface area (Å²) in [4.78, 5) is 60.9. The summed E-state index contributed by atoms with van der Waals surface area (Å²) in [6.07, 6.45) is 0. The number of benzene rings is 1. The summed E-state index contributed by atoms with van der Waals surface area (Å²) < 4.78 is 4.99. The third-order valence-electron chi connectivity index (χ3n) is 3.51. The Labute approximate surface area is 149 Å². The number of hydrogen-bond donors (Lipinski definition) is 2. The fourth-order valence-corrected chi connectivity index (χ4v) is 2.24. The quantitative estimate of drug-likeness (QED) is 0.485. The van der Waals surface area contributed by atoms with Crippen LogP contribution in [-0.4, -0.2) is 61.3 Å². The second kappa shape index (κ2) is 8.10. The molecule has 0 unspecified atom stereocenters. The van der Waals surface area contributed by atoms with Gasteiger partial charge in [0, 0.05) is 6.54 Å². The van der Waals surface area contributed by atoms with Crippen LogP contribution in [0, 0.1) is 0 Å². The molecule has 1 aliphatic heterocycles. The first kappa shape index (κ1) is 18.9. The van der Waals surface area contributed by atoms with Crippen LogP contribution in [0.1, 0.15) is 6.92 Å². The first-order valence-electron chi connectivity index (χ1n) is 7.76. The molecule has 0 aromatic heterocycles. The molecule has 138 valence electrons. The summed E-state index contributed by atoms with van der Waals surface area (Å²) in [5.74, 6) is -2.80. The van der Waals surface area contributed by atoms with E-state index >= 15 is 0 Å². The average Bonchev–Trinajstić information content (AvgIpc) is 2.84. The Morgan fingerprint density at radius 3 is 2.23 bits per heavy atom. The number of imide groups is 2. The first-order chi connectivity index (χ1) is 12.4. The molecule has 0 radical (unpaired) electrons. The molecule has 0 aliphatic carbocycles. The largest absolute Gasteiger partial charge is 0.497 e. The van der Waals surface area contributed by atoms with Crippen LogP contribution in [-0.2, 0) is 19.2 Å². The van der Waals surface area contributed by atoms with Crippen molar-refractivity contribution in [1.29, 1.82) is 0 Å². The molecule has 10 heteroatoms. The summed E-state index contributed by atoms with van der Waals surface area (Å²) in [6, 6.07) is 5.02. The predicted molar refractivity (Wildman–Crippen MR) is 89.3 cm³/mol. The number of amides is 6. The van der Waals surface area contributed by atoms with Crippen molar-refractivity contribution in [3.63, 3.8) is 0 Å². The number of carbonyl (C=O) groups excluding carboxylic acids is 5. The van der Waals surface area contributed by atoms with Gasteiger partial charge in [-0.3, -0.25) is 19.2 Å². The number of hydrogen-bond acceptors (Lipinski definition) is 6. The Balaban J connectivity index is 2.05. The van der Waals surface area contributed by atoms with Crippen LogP contribution in [0.25, 0.3) is 0 Å². The third kappa shape index (κ3) is 3.97. The fraction of sp³-hybridized carbons (Fsp3) is 0.312. The zero-order chi connectivity index (χ0) is 19.3. The van der Waals surface area contributed by atoms with Crippen LogP contribution in [0.2, 0.25) is 0 Å². The lowest BCUT2D eigenvalue weighted by Crippen LogP contribution is -2.44. The number of anilines is 1. The van der Waals surface area contributed by atoms with Gasteiger partial charge in [0.2, 0.25) is 11.8 Å². The van der Waals surface area contributed by atoms with E-state index in [2.05, 4.69) is 10.6 Å². The molecule has 1 heterocycles. The smallest absolute Gasteiger partial charge is 0.339 e. The van der Waals surface area contributed by atoms with Crippen molar-refractivity contribution >= 4 is 35.3 Å². The molecule has 2 rings (SSSR count). The van der Waals surface area contributed by atoms with E-state index in [1.165, 1.54) is 31.4 Å². The highest BCUT2D eigenvalue weighted by atomic mass is 16.5. The molecule has 1 aromatic carbocycles. The van der Waals surface area contributed by atoms with Crippen LogP contribution in [0.4, 0.5) is 10.5 Å². The van der Waals surface area contributed by atoms with Crippen LogP contribution in [0.5, 0.6) is 5.75 Å². The Bertz CT molecular complexity index is 746. The number of methoxy groups -OCH3 is 1. The van der Waals surface area contributed by atoms with E-state index in [0.717, 1.165) is 0 Å². The maximum absolute atomic E-state index is 12.4. The Kier molecular flexibility index (Phi) is 5.89. The summed E-state index contributed by atoms with van der Waals surface area (Å²) in [5.41, 5.74) is 0.180. The van der Waals surface area contributed by atoms with Crippen molar-refractivity contribution in [2.24, 2.45) is 0 Å². The lowest BCUT2D eigenvalue weighted by molar-refractivity contribution is -0.140. The molecule has 0 atom stereocenters. The van der Waals surface area contributed by atoms with Gasteiger partial charge in [-0.1, -0.05) is 0 Å². The maximum atomic E-state index is 12.4. The van der Waals surface area contributed by atoms with Crippen molar-refractivity contribution in [2.45, 2.75) is 6.92 Å². The second-order valence-electron chi connectivity index (χ2n) is 5.24. The SMILES string of the molecule is CCNC(=O)CNC(=O)CN1C(=O)C(=O)N(c2ccc(OC)cc2)C1=O. The maximum Gasteiger partial charge on any atom is 0.339 e. The Morgan fingerprint density at radius 1 is 1.00 bits per heavy atom. The van der Waals surface area contributed by atoms with Crippen molar-refractivity contribution in [1.82, 2.24) is 15.5 Å². The van der Waals surface area contributed by atoms with E-state index in [9.17, 15) is 24.0 Å². The van der Waals surface area contributed by atoms with Gasteiger partial charge < -0.3 is 15.4 Å². The molecule has 26 heavy (non-hydrogen) atoms. The molecule has 1 saturated heterocycles. The Hall–Kier alpha value is -3.43. The molecule has 10 nitrogen and oxygen atoms in total. The fourth-order valence-electron chi connectivity index (χ4n) is 2.24. The van der Waals surface area contributed by atoms with Crippen molar-refractivity contribution in [3.05, 3.63) is 24.3 Å². The number of rotatable bonds is 7. The summed E-state index contributed by atoms with van der Waals surface area (Å²) >= 11 is 0. The molecule has 1 fully saturated rings. The molecule has 0 saturated carbocycles. The highest BCUT2D eigenvalue weighted by Gasteiger charge is 2.46. The van der Waals surface area contributed by atoms with Gasteiger partial charge in [-0.15, -0.1) is 0 Å². The van der Waals surface area contributed by atoms with Gasteiger partial charge in [-0.05, 0) is 31.2 Å². The molecule has 0 spiro atoms. The third-order valence-corrected chi connectivity index (χ3v) is 3.51. The minimum absolute atomic E-state index is 0.180. The van der Waals surface area contributed by atoms with Gasteiger partial charge in [0.1, 0.15) is 12.3 Å². The van der Waals surface area contributed by atoms with Gasteiger partial charge in [0.25, 0.3) is 0 Å². The molecule has 1 aromatic rings. The number of nitrogens with one attached hydrogen (secondary N) is 2. The second-order valence-corrected chi connectivity index (χ2v) is 5.24. The molecular weight excluding hydrogens is 344 g/mol. The lowest BCUT2D eigenvalue weighted by atomic mass is 10.3. The van der Waals surface area contributed by atoms with Crippen LogP contribution in [0.15, 0.2) is 24.3 Å². The van der Waals surface area contributed by atoms with E-state index in [1.54, 1.807) is 6.92 Å². The number of nitrogens with zero attached hydrogens (tertiary/aromatic N) is 2. The van der Waals surface area contributed by atoms with Gasteiger partial charge >= 0.3 is 17.8 Å². The first-order valence-corrected chi connectivity index (χ1v) is 7.76. The summed E-state index contributed by atoms with van der Waals surface area (Å²) in [7, 11) is 1.46. The summed E-state index contributed by atoms with van der Waals surface area (Å²) in [6.45, 7) is 1.18. The monoisotopic (exact) mass is 362 g/mol. The van der Waals surface area contributed by atoms with Crippen LogP contribution >= 0.6 is 0 Å². The molecule has 6 amide bonds. The van der Waals surface area contributed by atoms with E-state index in [4.69, 9.17) is 4.74 Å². The van der Waals surface area contributed by atoms with E-state index in [0.29, 0.717) is 22.1 Å². The van der Waals surface area contributed by atoms with E-state index in [1.807, 2.05) is 0 Å². The number of ether oxygens (including phenoxy) is 1. The topological polar surface area (TPSA) is 125 Å². The zero-order valence-corrected chi connectivity index (χ0v) is 14.3. The molecule has 0 bridgehead atoms. The number of likely N-dealkylation sites (N-methyl/N-ethyl adjacent to an activating group) is 1. The summed E-state index contributed by atoms with van der Waals surface area (Å²) in [5, 5.41) is 4.76. The average molecular weight is 362 g/mol.